The number of benzene rings is 1. The maximum atomic E-state index is 6.36. The van der Waals surface area contributed by atoms with Crippen molar-refractivity contribution >= 4 is 0 Å². The summed E-state index contributed by atoms with van der Waals surface area (Å²) in [7, 11) is 1.77. The Morgan fingerprint density at radius 2 is 2.00 bits per heavy atom. The van der Waals surface area contributed by atoms with E-state index in [0.29, 0.717) is 5.92 Å². The van der Waals surface area contributed by atoms with Gasteiger partial charge in [0.25, 0.3) is 0 Å². The molecule has 2 rings (SSSR count). The Morgan fingerprint density at radius 3 is 2.56 bits per heavy atom. The molecule has 0 bridgehead atoms. The highest BCUT2D eigenvalue weighted by Crippen LogP contribution is 2.39. The van der Waals surface area contributed by atoms with E-state index in [1.807, 2.05) is 0 Å². The number of hydrogen-bond donors (Lipinski definition) is 1. The molecule has 0 spiro atoms. The average molecular weight is 247 g/mol. The highest BCUT2D eigenvalue weighted by atomic mass is 16.5. The average Bonchev–Trinajstić information content (AvgIpc) is 2.25. The molecule has 3 atom stereocenters. The van der Waals surface area contributed by atoms with E-state index >= 15 is 0 Å². The van der Waals surface area contributed by atoms with Crippen molar-refractivity contribution in [2.75, 3.05) is 7.11 Å². The van der Waals surface area contributed by atoms with Crippen molar-refractivity contribution in [2.24, 2.45) is 11.1 Å². The van der Waals surface area contributed by atoms with Gasteiger partial charge in [-0.15, -0.1) is 0 Å². The topological polar surface area (TPSA) is 35.2 Å². The third-order valence-corrected chi connectivity index (χ3v) is 4.01. The number of methoxy groups -OCH3 is 1. The third kappa shape index (κ3) is 2.60. The van der Waals surface area contributed by atoms with Crippen LogP contribution in [0.2, 0.25) is 0 Å². The lowest BCUT2D eigenvalue weighted by Crippen LogP contribution is -2.46. The lowest BCUT2D eigenvalue weighted by molar-refractivity contribution is -0.00550. The van der Waals surface area contributed by atoms with E-state index in [0.717, 1.165) is 6.42 Å². The molecule has 0 radical (unpaired) electrons. The van der Waals surface area contributed by atoms with Crippen molar-refractivity contribution in [3.63, 3.8) is 0 Å². The largest absolute Gasteiger partial charge is 0.379 e. The molecule has 0 fully saturated rings. The minimum absolute atomic E-state index is 0.0947. The van der Waals surface area contributed by atoms with E-state index in [-0.39, 0.29) is 17.6 Å². The van der Waals surface area contributed by atoms with E-state index in [2.05, 4.69) is 45.0 Å². The number of fused-ring (bicyclic) bond motifs is 1. The van der Waals surface area contributed by atoms with E-state index in [1.54, 1.807) is 7.11 Å². The van der Waals surface area contributed by atoms with Crippen LogP contribution in [0.15, 0.2) is 24.3 Å². The second-order valence-corrected chi connectivity index (χ2v) is 6.52. The van der Waals surface area contributed by atoms with Crippen LogP contribution in [0, 0.1) is 5.41 Å². The van der Waals surface area contributed by atoms with Gasteiger partial charge in [-0.25, -0.2) is 0 Å². The molecule has 1 aliphatic rings. The van der Waals surface area contributed by atoms with Crippen molar-refractivity contribution in [3.05, 3.63) is 35.4 Å². The van der Waals surface area contributed by atoms with Crippen LogP contribution >= 0.6 is 0 Å². The first-order valence-corrected chi connectivity index (χ1v) is 6.79. The summed E-state index contributed by atoms with van der Waals surface area (Å²) in [5.41, 5.74) is 9.42. The number of nitrogens with two attached hydrogens (primary N) is 1. The molecule has 1 aromatic carbocycles. The van der Waals surface area contributed by atoms with Crippen LogP contribution in [0.4, 0.5) is 0 Å². The van der Waals surface area contributed by atoms with Gasteiger partial charge >= 0.3 is 0 Å². The number of ether oxygens (including phenoxy) is 1. The van der Waals surface area contributed by atoms with Gasteiger partial charge in [0.2, 0.25) is 0 Å². The molecule has 2 heteroatoms. The molecule has 0 heterocycles. The molecule has 2 nitrogen and oxygen atoms in total. The minimum Gasteiger partial charge on any atom is -0.379 e. The normalized spacial score (nSPS) is 21.9. The van der Waals surface area contributed by atoms with Gasteiger partial charge in [-0.1, -0.05) is 45.0 Å². The summed E-state index contributed by atoms with van der Waals surface area (Å²) in [5, 5.41) is 0. The van der Waals surface area contributed by atoms with E-state index in [1.165, 1.54) is 17.5 Å². The molecule has 100 valence electrons. The minimum atomic E-state index is 0.0947. The molecule has 18 heavy (non-hydrogen) atoms. The fourth-order valence-electron chi connectivity index (χ4n) is 3.20. The highest BCUT2D eigenvalue weighted by molar-refractivity contribution is 5.39. The standard InChI is InChI=1S/C16H25NO/c1-16(2,3)15(18-4)14(17)10-12-9-11-7-5-6-8-13(11)12/h5-8,12,14-15H,9-10,17H2,1-4H3. The van der Waals surface area contributed by atoms with Crippen molar-refractivity contribution in [3.8, 4) is 0 Å². The third-order valence-electron chi connectivity index (χ3n) is 4.01. The van der Waals surface area contributed by atoms with Gasteiger partial charge in [-0.05, 0) is 35.3 Å². The van der Waals surface area contributed by atoms with Gasteiger partial charge in [0.05, 0.1) is 6.10 Å². The van der Waals surface area contributed by atoms with Gasteiger partial charge in [-0.2, -0.15) is 0 Å². The van der Waals surface area contributed by atoms with Crippen LogP contribution in [0.1, 0.15) is 44.2 Å². The van der Waals surface area contributed by atoms with Gasteiger partial charge < -0.3 is 10.5 Å². The van der Waals surface area contributed by atoms with Crippen LogP contribution in [-0.4, -0.2) is 19.3 Å². The first-order chi connectivity index (χ1) is 8.43. The molecule has 1 aromatic rings. The fraction of sp³-hybridized carbons (Fsp3) is 0.625. The Hall–Kier alpha value is -0.860. The first-order valence-electron chi connectivity index (χ1n) is 6.79. The Bertz CT molecular complexity index is 408. The van der Waals surface area contributed by atoms with E-state index in [4.69, 9.17) is 10.5 Å². The van der Waals surface area contributed by atoms with Crippen LogP contribution in [0.3, 0.4) is 0 Å². The zero-order chi connectivity index (χ0) is 13.3. The van der Waals surface area contributed by atoms with Crippen LogP contribution < -0.4 is 5.73 Å². The van der Waals surface area contributed by atoms with Crippen LogP contribution in [-0.2, 0) is 11.2 Å². The Balaban J connectivity index is 1.99. The molecule has 0 amide bonds. The van der Waals surface area contributed by atoms with Gasteiger partial charge in [0.15, 0.2) is 0 Å². The molecular weight excluding hydrogens is 222 g/mol. The maximum Gasteiger partial charge on any atom is 0.0770 e. The summed E-state index contributed by atoms with van der Waals surface area (Å²) >= 11 is 0. The highest BCUT2D eigenvalue weighted by Gasteiger charge is 2.34. The summed E-state index contributed by atoms with van der Waals surface area (Å²) in [6.07, 6.45) is 2.31. The Morgan fingerprint density at radius 1 is 1.33 bits per heavy atom. The molecular formula is C16H25NO. The molecule has 0 aromatic heterocycles. The number of hydrogen-bond acceptors (Lipinski definition) is 2. The number of rotatable bonds is 4. The molecule has 2 N–H and O–H groups in total. The molecule has 0 saturated heterocycles. The molecule has 3 unspecified atom stereocenters. The van der Waals surface area contributed by atoms with Gasteiger partial charge in [-0.3, -0.25) is 0 Å². The molecule has 0 saturated carbocycles. The van der Waals surface area contributed by atoms with Crippen molar-refractivity contribution in [1.29, 1.82) is 0 Å². The van der Waals surface area contributed by atoms with E-state index < -0.39 is 0 Å². The Kier molecular flexibility index (Phi) is 3.79. The van der Waals surface area contributed by atoms with Gasteiger partial charge in [0.1, 0.15) is 0 Å². The Labute approximate surface area is 111 Å². The summed E-state index contributed by atoms with van der Waals surface area (Å²) in [4.78, 5) is 0. The maximum absolute atomic E-state index is 6.36. The zero-order valence-corrected chi connectivity index (χ0v) is 11.9. The van der Waals surface area contributed by atoms with Gasteiger partial charge in [0, 0.05) is 13.2 Å². The molecule has 0 aliphatic heterocycles. The summed E-state index contributed by atoms with van der Waals surface area (Å²) in [6.45, 7) is 6.57. The fourth-order valence-corrected chi connectivity index (χ4v) is 3.20. The second-order valence-electron chi connectivity index (χ2n) is 6.52. The SMILES string of the molecule is COC(C(N)CC1Cc2ccccc21)C(C)(C)C. The summed E-state index contributed by atoms with van der Waals surface area (Å²) in [6, 6.07) is 8.79. The van der Waals surface area contributed by atoms with Crippen LogP contribution in [0.5, 0.6) is 0 Å². The first kappa shape index (κ1) is 13.6. The van der Waals surface area contributed by atoms with Crippen molar-refractivity contribution in [2.45, 2.75) is 51.7 Å². The van der Waals surface area contributed by atoms with E-state index in [9.17, 15) is 0 Å². The summed E-state index contributed by atoms with van der Waals surface area (Å²) in [5.74, 6) is 0.621. The quantitative estimate of drug-likeness (QED) is 0.887. The monoisotopic (exact) mass is 247 g/mol. The zero-order valence-electron chi connectivity index (χ0n) is 11.9. The second kappa shape index (κ2) is 5.02. The van der Waals surface area contributed by atoms with Crippen LogP contribution in [0.25, 0.3) is 0 Å². The summed E-state index contributed by atoms with van der Waals surface area (Å²) < 4.78 is 5.61. The lowest BCUT2D eigenvalue weighted by Gasteiger charge is -2.38. The lowest BCUT2D eigenvalue weighted by atomic mass is 9.72. The van der Waals surface area contributed by atoms with Crippen molar-refractivity contribution in [1.82, 2.24) is 0 Å². The smallest absolute Gasteiger partial charge is 0.0770 e. The predicted molar refractivity (Wildman–Crippen MR) is 75.7 cm³/mol. The predicted octanol–water partition coefficient (Wildman–Crippen LogP) is 3.10. The van der Waals surface area contributed by atoms with Crippen molar-refractivity contribution < 1.29 is 4.74 Å². The molecule has 1 aliphatic carbocycles.